The number of nitrogens with one attached hydrogen (secondary N) is 2. The van der Waals surface area contributed by atoms with Crippen LogP contribution in [0.5, 0.6) is 0 Å². The Kier molecular flexibility index (Phi) is 6.39. The first-order valence-corrected chi connectivity index (χ1v) is 11.0. The van der Waals surface area contributed by atoms with Gasteiger partial charge in [0.25, 0.3) is 0 Å². The predicted molar refractivity (Wildman–Crippen MR) is 120 cm³/mol. The number of imidazole rings is 1. The molecule has 1 heterocycles. The summed E-state index contributed by atoms with van der Waals surface area (Å²) in [5.41, 5.74) is 2.35. The van der Waals surface area contributed by atoms with Crippen LogP contribution >= 0.6 is 0 Å². The monoisotopic (exact) mass is 444 g/mol. The Labute approximate surface area is 185 Å². The molecule has 3 aromatic rings. The van der Waals surface area contributed by atoms with Crippen molar-refractivity contribution in [2.24, 2.45) is 0 Å². The van der Waals surface area contributed by atoms with Gasteiger partial charge >= 0.3 is 6.18 Å². The highest BCUT2D eigenvalue weighted by Gasteiger charge is 2.29. The molecule has 8 heteroatoms. The Morgan fingerprint density at radius 1 is 1.12 bits per heavy atom. The maximum atomic E-state index is 12.7. The van der Waals surface area contributed by atoms with Crippen LogP contribution < -0.4 is 10.2 Å². The Morgan fingerprint density at radius 3 is 2.53 bits per heavy atom. The number of aromatic nitrogens is 2. The maximum Gasteiger partial charge on any atom is 0.416 e. The Balaban J connectivity index is 1.35. The molecule has 0 unspecified atom stereocenters. The SMILES string of the molecule is CN(c1nc2ccc(NC(=O)CCc3ccc(C(F)(F)F)cc3)cc2[nH]1)C1CCCCC1. The molecular formula is C24H27F3N4O. The average molecular weight is 445 g/mol. The molecular weight excluding hydrogens is 417 g/mol. The summed E-state index contributed by atoms with van der Waals surface area (Å²) in [4.78, 5) is 22.6. The van der Waals surface area contributed by atoms with Gasteiger partial charge in [-0.3, -0.25) is 4.79 Å². The molecule has 0 saturated heterocycles. The van der Waals surface area contributed by atoms with Gasteiger partial charge in [-0.25, -0.2) is 4.98 Å². The lowest BCUT2D eigenvalue weighted by Crippen LogP contribution is -2.33. The van der Waals surface area contributed by atoms with Gasteiger partial charge in [0, 0.05) is 25.2 Å². The van der Waals surface area contributed by atoms with E-state index in [1.165, 1.54) is 44.2 Å². The highest BCUT2D eigenvalue weighted by atomic mass is 19.4. The van der Waals surface area contributed by atoms with Gasteiger partial charge < -0.3 is 15.2 Å². The molecule has 2 N–H and O–H groups in total. The largest absolute Gasteiger partial charge is 0.416 e. The number of carbonyl (C=O) groups is 1. The van der Waals surface area contributed by atoms with Crippen LogP contribution in [-0.4, -0.2) is 29.0 Å². The van der Waals surface area contributed by atoms with Crippen LogP contribution in [0.1, 0.15) is 49.7 Å². The summed E-state index contributed by atoms with van der Waals surface area (Å²) in [7, 11) is 2.07. The van der Waals surface area contributed by atoms with Crippen LogP contribution in [-0.2, 0) is 17.4 Å². The predicted octanol–water partition coefficient (Wildman–Crippen LogP) is 5.92. The van der Waals surface area contributed by atoms with E-state index in [-0.39, 0.29) is 12.3 Å². The molecule has 1 aromatic heterocycles. The molecule has 1 saturated carbocycles. The fourth-order valence-electron chi connectivity index (χ4n) is 4.22. The van der Waals surface area contributed by atoms with E-state index in [0.717, 1.165) is 29.1 Å². The fourth-order valence-corrected chi connectivity index (χ4v) is 4.22. The van der Waals surface area contributed by atoms with Gasteiger partial charge in [0.1, 0.15) is 0 Å². The average Bonchev–Trinajstić information content (AvgIpc) is 3.21. The first-order valence-electron chi connectivity index (χ1n) is 11.0. The van der Waals surface area contributed by atoms with Crippen molar-refractivity contribution in [1.82, 2.24) is 9.97 Å². The second-order valence-corrected chi connectivity index (χ2v) is 8.44. The number of carbonyl (C=O) groups excluding carboxylic acids is 1. The first kappa shape index (κ1) is 22.2. The van der Waals surface area contributed by atoms with E-state index in [0.29, 0.717) is 23.7 Å². The van der Waals surface area contributed by atoms with Gasteiger partial charge in [-0.05, 0) is 55.2 Å². The molecule has 0 bridgehead atoms. The summed E-state index contributed by atoms with van der Waals surface area (Å²) in [6.07, 6.45) is 2.34. The van der Waals surface area contributed by atoms with Crippen molar-refractivity contribution in [2.75, 3.05) is 17.3 Å². The molecule has 2 aromatic carbocycles. The summed E-state index contributed by atoms with van der Waals surface area (Å²) in [6.45, 7) is 0. The molecule has 1 aliphatic rings. The molecule has 32 heavy (non-hydrogen) atoms. The zero-order chi connectivity index (χ0) is 22.7. The summed E-state index contributed by atoms with van der Waals surface area (Å²) >= 11 is 0. The van der Waals surface area contributed by atoms with Crippen LogP contribution in [0.4, 0.5) is 24.8 Å². The standard InChI is InChI=1S/C24H27F3N4O/c1-31(19-5-3-2-4-6-19)23-29-20-13-12-18(15-21(20)30-23)28-22(32)14-9-16-7-10-17(11-8-16)24(25,26)27/h7-8,10-13,15,19H,2-6,9,14H2,1H3,(H,28,32)(H,29,30). The molecule has 1 aliphatic carbocycles. The highest BCUT2D eigenvalue weighted by molar-refractivity contribution is 5.93. The number of halogens is 3. The van der Waals surface area contributed by atoms with E-state index in [4.69, 9.17) is 0 Å². The minimum atomic E-state index is -4.35. The number of amides is 1. The lowest BCUT2D eigenvalue weighted by molar-refractivity contribution is -0.137. The van der Waals surface area contributed by atoms with E-state index < -0.39 is 11.7 Å². The van der Waals surface area contributed by atoms with Crippen molar-refractivity contribution in [3.05, 3.63) is 53.6 Å². The van der Waals surface area contributed by atoms with Gasteiger partial charge in [-0.2, -0.15) is 13.2 Å². The van der Waals surface area contributed by atoms with Crippen LogP contribution in [0.15, 0.2) is 42.5 Å². The van der Waals surface area contributed by atoms with E-state index >= 15 is 0 Å². The number of hydrogen-bond acceptors (Lipinski definition) is 3. The molecule has 5 nitrogen and oxygen atoms in total. The van der Waals surface area contributed by atoms with Gasteiger partial charge in [0.05, 0.1) is 16.6 Å². The van der Waals surface area contributed by atoms with E-state index in [1.807, 2.05) is 18.2 Å². The maximum absolute atomic E-state index is 12.7. The minimum Gasteiger partial charge on any atom is -0.342 e. The summed E-state index contributed by atoms with van der Waals surface area (Å²) < 4.78 is 38.0. The third-order valence-electron chi connectivity index (χ3n) is 6.13. The third-order valence-corrected chi connectivity index (χ3v) is 6.13. The highest BCUT2D eigenvalue weighted by Crippen LogP contribution is 2.29. The number of alkyl halides is 3. The number of anilines is 2. The number of fused-ring (bicyclic) bond motifs is 1. The smallest absolute Gasteiger partial charge is 0.342 e. The fraction of sp³-hybridized carbons (Fsp3) is 0.417. The first-order chi connectivity index (χ1) is 15.3. The molecule has 0 aliphatic heterocycles. The van der Waals surface area contributed by atoms with Crippen molar-refractivity contribution in [3.8, 4) is 0 Å². The number of rotatable bonds is 6. The molecule has 1 fully saturated rings. The second kappa shape index (κ2) is 9.22. The van der Waals surface area contributed by atoms with E-state index in [9.17, 15) is 18.0 Å². The molecule has 0 radical (unpaired) electrons. The zero-order valence-electron chi connectivity index (χ0n) is 18.0. The second-order valence-electron chi connectivity index (χ2n) is 8.44. The normalized spacial score (nSPS) is 15.1. The van der Waals surface area contributed by atoms with Crippen molar-refractivity contribution < 1.29 is 18.0 Å². The Hall–Kier alpha value is -3.03. The number of aryl methyl sites for hydroxylation is 1. The van der Waals surface area contributed by atoms with Gasteiger partial charge in [0.2, 0.25) is 11.9 Å². The Bertz CT molecular complexity index is 1070. The molecule has 1 amide bonds. The lowest BCUT2D eigenvalue weighted by atomic mass is 9.95. The quantitative estimate of drug-likeness (QED) is 0.496. The number of hydrogen-bond donors (Lipinski definition) is 2. The van der Waals surface area contributed by atoms with Crippen molar-refractivity contribution in [2.45, 2.75) is 57.2 Å². The van der Waals surface area contributed by atoms with Gasteiger partial charge in [-0.15, -0.1) is 0 Å². The van der Waals surface area contributed by atoms with E-state index in [2.05, 4.69) is 27.2 Å². The third kappa shape index (κ3) is 5.23. The number of H-pyrrole nitrogens is 1. The summed E-state index contributed by atoms with van der Waals surface area (Å²) in [5.74, 6) is 0.640. The number of benzene rings is 2. The topological polar surface area (TPSA) is 61.0 Å². The van der Waals surface area contributed by atoms with Crippen molar-refractivity contribution >= 4 is 28.6 Å². The summed E-state index contributed by atoms with van der Waals surface area (Å²) in [6, 6.07) is 10.9. The van der Waals surface area contributed by atoms with E-state index in [1.54, 1.807) is 0 Å². The van der Waals surface area contributed by atoms with Crippen LogP contribution in [0.25, 0.3) is 11.0 Å². The number of aromatic amines is 1. The molecule has 0 spiro atoms. The zero-order valence-corrected chi connectivity index (χ0v) is 18.0. The van der Waals surface area contributed by atoms with Crippen LogP contribution in [0.3, 0.4) is 0 Å². The Morgan fingerprint density at radius 2 is 1.84 bits per heavy atom. The van der Waals surface area contributed by atoms with Crippen LogP contribution in [0.2, 0.25) is 0 Å². The minimum absolute atomic E-state index is 0.183. The lowest BCUT2D eigenvalue weighted by Gasteiger charge is -2.30. The summed E-state index contributed by atoms with van der Waals surface area (Å²) in [5, 5.41) is 2.86. The van der Waals surface area contributed by atoms with Gasteiger partial charge in [-0.1, -0.05) is 31.4 Å². The number of nitrogens with zero attached hydrogens (tertiary/aromatic N) is 2. The molecule has 0 atom stereocenters. The van der Waals surface area contributed by atoms with Gasteiger partial charge in [0.15, 0.2) is 0 Å². The molecule has 4 rings (SSSR count). The van der Waals surface area contributed by atoms with Crippen molar-refractivity contribution in [1.29, 1.82) is 0 Å². The van der Waals surface area contributed by atoms with Crippen LogP contribution in [0, 0.1) is 0 Å². The molecule has 170 valence electrons. The van der Waals surface area contributed by atoms with Crippen molar-refractivity contribution in [3.63, 3.8) is 0 Å².